The molecule has 0 radical (unpaired) electrons. The molecule has 0 aliphatic rings. The van der Waals surface area contributed by atoms with E-state index in [4.69, 9.17) is 17.3 Å². The van der Waals surface area contributed by atoms with Crippen LogP contribution in [0.15, 0.2) is 12.3 Å². The Morgan fingerprint density at radius 2 is 2.15 bits per heavy atom. The lowest BCUT2D eigenvalue weighted by molar-refractivity contribution is -0.385. The summed E-state index contributed by atoms with van der Waals surface area (Å²) >= 11 is 5.74. The number of nitrogens with zero attached hydrogens (tertiary/aromatic N) is 2. The van der Waals surface area contributed by atoms with Gasteiger partial charge in [0.15, 0.2) is 0 Å². The van der Waals surface area contributed by atoms with Crippen LogP contribution in [0.3, 0.4) is 0 Å². The third kappa shape index (κ3) is 4.16. The Balaban J connectivity index is 3.00. The number of hydrogen-bond donors (Lipinski definition) is 2. The highest BCUT2D eigenvalue weighted by molar-refractivity contribution is 6.32. The Hall–Kier alpha value is -2.22. The van der Waals surface area contributed by atoms with Crippen LogP contribution < -0.4 is 11.1 Å². The summed E-state index contributed by atoms with van der Waals surface area (Å²) in [7, 11) is 0. The first kappa shape index (κ1) is 15.8. The Bertz CT molecular complexity index is 574. The summed E-state index contributed by atoms with van der Waals surface area (Å²) in [6.45, 7) is 3.18. The molecule has 0 aliphatic heterocycles. The lowest BCUT2D eigenvalue weighted by atomic mass is 10.00. The normalized spacial score (nSPS) is 10.9. The van der Waals surface area contributed by atoms with Crippen molar-refractivity contribution in [3.05, 3.63) is 33.1 Å². The molecule has 0 spiro atoms. The molecule has 108 valence electrons. The van der Waals surface area contributed by atoms with Gasteiger partial charge in [-0.3, -0.25) is 19.7 Å². The molecule has 8 nitrogen and oxygen atoms in total. The molecule has 0 saturated heterocycles. The van der Waals surface area contributed by atoms with Gasteiger partial charge in [-0.25, -0.2) is 4.98 Å². The zero-order valence-corrected chi connectivity index (χ0v) is 11.6. The monoisotopic (exact) mass is 300 g/mol. The van der Waals surface area contributed by atoms with Crippen molar-refractivity contribution in [1.82, 2.24) is 10.3 Å². The number of carbonyl (C=O) groups is 2. The maximum atomic E-state index is 12.0. The van der Waals surface area contributed by atoms with Crippen LogP contribution in [0.4, 0.5) is 5.69 Å². The maximum absolute atomic E-state index is 12.0. The van der Waals surface area contributed by atoms with Crippen molar-refractivity contribution in [1.29, 1.82) is 0 Å². The van der Waals surface area contributed by atoms with Gasteiger partial charge >= 0.3 is 0 Å². The van der Waals surface area contributed by atoms with Crippen LogP contribution >= 0.6 is 11.6 Å². The second-order valence-corrected chi connectivity index (χ2v) is 5.13. The number of aromatic nitrogens is 1. The van der Waals surface area contributed by atoms with E-state index >= 15 is 0 Å². The minimum absolute atomic E-state index is 0.0846. The Morgan fingerprint density at radius 1 is 1.55 bits per heavy atom. The molecule has 0 atom stereocenters. The fourth-order valence-electron chi connectivity index (χ4n) is 1.55. The molecule has 0 fully saturated rings. The lowest BCUT2D eigenvalue weighted by Gasteiger charge is -2.24. The number of amides is 2. The average Bonchev–Trinajstić information content (AvgIpc) is 2.26. The molecule has 20 heavy (non-hydrogen) atoms. The summed E-state index contributed by atoms with van der Waals surface area (Å²) in [5, 5.41) is 13.0. The summed E-state index contributed by atoms with van der Waals surface area (Å²) in [5.74, 6) is -1.25. The number of carbonyl (C=O) groups excluding carboxylic acids is 2. The van der Waals surface area contributed by atoms with Crippen LogP contribution in [0.5, 0.6) is 0 Å². The van der Waals surface area contributed by atoms with Crippen molar-refractivity contribution in [2.75, 3.05) is 0 Å². The van der Waals surface area contributed by atoms with Crippen LogP contribution in [0.2, 0.25) is 5.15 Å². The van der Waals surface area contributed by atoms with Gasteiger partial charge < -0.3 is 11.1 Å². The van der Waals surface area contributed by atoms with E-state index in [0.29, 0.717) is 0 Å². The highest BCUT2D eigenvalue weighted by atomic mass is 35.5. The average molecular weight is 301 g/mol. The van der Waals surface area contributed by atoms with Crippen molar-refractivity contribution in [3.8, 4) is 0 Å². The van der Waals surface area contributed by atoms with E-state index in [1.165, 1.54) is 0 Å². The quantitative estimate of drug-likeness (QED) is 0.476. The number of halogens is 1. The first-order valence-electron chi connectivity index (χ1n) is 5.53. The van der Waals surface area contributed by atoms with Gasteiger partial charge in [0.05, 0.1) is 10.5 Å². The Kier molecular flexibility index (Phi) is 4.61. The van der Waals surface area contributed by atoms with Gasteiger partial charge in [-0.05, 0) is 13.8 Å². The van der Waals surface area contributed by atoms with Crippen LogP contribution in [-0.4, -0.2) is 27.3 Å². The number of hydrogen-bond acceptors (Lipinski definition) is 5. The molecule has 1 aromatic rings. The zero-order chi connectivity index (χ0) is 15.5. The summed E-state index contributed by atoms with van der Waals surface area (Å²) in [4.78, 5) is 36.5. The predicted octanol–water partition coefficient (Wildman–Crippen LogP) is 1.03. The summed E-state index contributed by atoms with van der Waals surface area (Å²) in [6, 6.07) is 1.02. The van der Waals surface area contributed by atoms with E-state index in [-0.39, 0.29) is 22.8 Å². The molecule has 0 saturated carbocycles. The van der Waals surface area contributed by atoms with E-state index < -0.39 is 22.3 Å². The molecule has 1 rings (SSSR count). The highest BCUT2D eigenvalue weighted by Gasteiger charge is 2.26. The van der Waals surface area contributed by atoms with Crippen molar-refractivity contribution < 1.29 is 14.5 Å². The van der Waals surface area contributed by atoms with Crippen molar-refractivity contribution in [2.24, 2.45) is 5.73 Å². The summed E-state index contributed by atoms with van der Waals surface area (Å²) in [5.41, 5.74) is 3.67. The second-order valence-electron chi connectivity index (χ2n) is 4.77. The molecule has 0 unspecified atom stereocenters. The first-order valence-corrected chi connectivity index (χ1v) is 5.91. The molecule has 0 aliphatic carbocycles. The van der Waals surface area contributed by atoms with E-state index in [0.717, 1.165) is 12.3 Å². The molecule has 2 amide bonds. The number of nitrogens with one attached hydrogen (secondary N) is 1. The zero-order valence-electron chi connectivity index (χ0n) is 10.8. The molecular formula is C11H13ClN4O4. The van der Waals surface area contributed by atoms with Crippen LogP contribution in [0, 0.1) is 10.1 Å². The molecule has 3 N–H and O–H groups in total. The number of nitrogens with two attached hydrogens (primary N) is 1. The van der Waals surface area contributed by atoms with E-state index in [9.17, 15) is 19.7 Å². The van der Waals surface area contributed by atoms with Gasteiger partial charge in [0.25, 0.3) is 11.6 Å². The maximum Gasteiger partial charge on any atom is 0.288 e. The van der Waals surface area contributed by atoms with E-state index in [1.807, 2.05) is 0 Å². The molecule has 0 bridgehead atoms. The third-order valence-electron chi connectivity index (χ3n) is 2.35. The number of primary amides is 1. The topological polar surface area (TPSA) is 128 Å². The first-order chi connectivity index (χ1) is 9.12. The highest BCUT2D eigenvalue weighted by Crippen LogP contribution is 2.20. The molecular weight excluding hydrogens is 288 g/mol. The fourth-order valence-corrected chi connectivity index (χ4v) is 1.74. The summed E-state index contributed by atoms with van der Waals surface area (Å²) < 4.78 is 0. The van der Waals surface area contributed by atoms with Crippen LogP contribution in [0.25, 0.3) is 0 Å². The van der Waals surface area contributed by atoms with E-state index in [1.54, 1.807) is 13.8 Å². The van der Waals surface area contributed by atoms with Gasteiger partial charge in [-0.1, -0.05) is 11.6 Å². The van der Waals surface area contributed by atoms with Crippen LogP contribution in [-0.2, 0) is 4.79 Å². The fraction of sp³-hybridized carbons (Fsp3) is 0.364. The van der Waals surface area contributed by atoms with Crippen molar-refractivity contribution in [2.45, 2.75) is 25.8 Å². The van der Waals surface area contributed by atoms with Gasteiger partial charge in [0, 0.05) is 18.0 Å². The number of nitro groups is 1. The number of pyridine rings is 1. The predicted molar refractivity (Wildman–Crippen MR) is 71.3 cm³/mol. The smallest absolute Gasteiger partial charge is 0.288 e. The second kappa shape index (κ2) is 5.83. The van der Waals surface area contributed by atoms with Crippen molar-refractivity contribution >= 4 is 29.1 Å². The molecule has 1 heterocycles. The SMILES string of the molecule is CC(C)(CC(N)=O)NC(=O)c1cc([N+](=O)[O-])cnc1Cl. The minimum Gasteiger partial charge on any atom is -0.370 e. The van der Waals surface area contributed by atoms with Gasteiger partial charge in [-0.15, -0.1) is 0 Å². The van der Waals surface area contributed by atoms with Crippen LogP contribution in [0.1, 0.15) is 30.6 Å². The third-order valence-corrected chi connectivity index (χ3v) is 2.65. The Labute approximate surface area is 119 Å². The van der Waals surface area contributed by atoms with Gasteiger partial charge in [0.1, 0.15) is 11.3 Å². The largest absolute Gasteiger partial charge is 0.370 e. The number of rotatable bonds is 5. The molecule has 0 aromatic carbocycles. The standard InChI is InChI=1S/C11H13ClN4O4/c1-11(2,4-8(13)17)15-10(18)7-3-6(16(19)20)5-14-9(7)12/h3,5H,4H2,1-2H3,(H2,13,17)(H,15,18). The van der Waals surface area contributed by atoms with Crippen molar-refractivity contribution in [3.63, 3.8) is 0 Å². The molecule has 1 aromatic heterocycles. The van der Waals surface area contributed by atoms with Gasteiger partial charge in [0.2, 0.25) is 5.91 Å². The summed E-state index contributed by atoms with van der Waals surface area (Å²) in [6.07, 6.45) is 0.867. The molecule has 9 heteroatoms. The lowest BCUT2D eigenvalue weighted by Crippen LogP contribution is -2.46. The Morgan fingerprint density at radius 3 is 2.65 bits per heavy atom. The van der Waals surface area contributed by atoms with E-state index in [2.05, 4.69) is 10.3 Å². The van der Waals surface area contributed by atoms with Gasteiger partial charge in [-0.2, -0.15) is 0 Å². The minimum atomic E-state index is -0.906.